The van der Waals surface area contributed by atoms with E-state index in [0.717, 1.165) is 22.4 Å². The third kappa shape index (κ3) is 2.51. The highest BCUT2D eigenvalue weighted by Crippen LogP contribution is 2.22. The Morgan fingerprint density at radius 3 is 2.61 bits per heavy atom. The number of hydrogen-bond donors (Lipinski definition) is 1. The molecule has 5 heteroatoms. The molecule has 5 nitrogen and oxygen atoms in total. The Morgan fingerprint density at radius 2 is 1.78 bits per heavy atom. The van der Waals surface area contributed by atoms with Gasteiger partial charge >= 0.3 is 0 Å². The molecule has 114 valence electrons. The molecule has 0 spiro atoms. The van der Waals surface area contributed by atoms with Crippen molar-refractivity contribution < 1.29 is 9.52 Å². The van der Waals surface area contributed by atoms with Gasteiger partial charge in [0.2, 0.25) is 5.89 Å². The fourth-order valence-electron chi connectivity index (χ4n) is 2.68. The molecule has 4 aromatic rings. The van der Waals surface area contributed by atoms with E-state index in [-0.39, 0.29) is 6.61 Å². The molecule has 0 bridgehead atoms. The van der Waals surface area contributed by atoms with E-state index >= 15 is 0 Å². The lowest BCUT2D eigenvalue weighted by Crippen LogP contribution is -2.05. The zero-order valence-corrected chi connectivity index (χ0v) is 12.4. The zero-order valence-electron chi connectivity index (χ0n) is 12.4. The normalized spacial score (nSPS) is 11.2. The average Bonchev–Trinajstić information content (AvgIpc) is 3.21. The Balaban J connectivity index is 1.70. The van der Waals surface area contributed by atoms with Gasteiger partial charge in [-0.25, -0.2) is 9.97 Å². The SMILES string of the molecule is OCc1nc2ccccc2n1Cc1ncc(-c2ccccc2)o1. The van der Waals surface area contributed by atoms with Crippen LogP contribution in [0.25, 0.3) is 22.4 Å². The summed E-state index contributed by atoms with van der Waals surface area (Å²) in [6, 6.07) is 17.6. The minimum absolute atomic E-state index is 0.124. The smallest absolute Gasteiger partial charge is 0.214 e. The number of benzene rings is 2. The Bertz CT molecular complexity index is 941. The van der Waals surface area contributed by atoms with Crippen LogP contribution < -0.4 is 0 Å². The van der Waals surface area contributed by atoms with Crippen LogP contribution in [0.3, 0.4) is 0 Å². The van der Waals surface area contributed by atoms with Gasteiger partial charge in [-0.3, -0.25) is 0 Å². The van der Waals surface area contributed by atoms with Gasteiger partial charge in [-0.15, -0.1) is 0 Å². The van der Waals surface area contributed by atoms with Crippen LogP contribution in [0.5, 0.6) is 0 Å². The highest BCUT2D eigenvalue weighted by molar-refractivity contribution is 5.76. The van der Waals surface area contributed by atoms with E-state index in [9.17, 15) is 5.11 Å². The van der Waals surface area contributed by atoms with Crippen molar-refractivity contribution in [1.82, 2.24) is 14.5 Å². The van der Waals surface area contributed by atoms with Crippen molar-refractivity contribution in [2.75, 3.05) is 0 Å². The number of rotatable bonds is 4. The van der Waals surface area contributed by atoms with E-state index in [1.165, 1.54) is 0 Å². The summed E-state index contributed by atoms with van der Waals surface area (Å²) in [6.45, 7) is 0.310. The van der Waals surface area contributed by atoms with E-state index in [0.29, 0.717) is 18.3 Å². The Morgan fingerprint density at radius 1 is 1.00 bits per heavy atom. The highest BCUT2D eigenvalue weighted by Gasteiger charge is 2.13. The molecule has 23 heavy (non-hydrogen) atoms. The van der Waals surface area contributed by atoms with Gasteiger partial charge in [0, 0.05) is 5.56 Å². The first-order chi connectivity index (χ1) is 11.3. The predicted octanol–water partition coefficient (Wildman–Crippen LogP) is 3.23. The lowest BCUT2D eigenvalue weighted by Gasteiger charge is -2.04. The van der Waals surface area contributed by atoms with E-state index in [1.807, 2.05) is 59.2 Å². The molecule has 0 amide bonds. The average molecular weight is 305 g/mol. The molecule has 2 heterocycles. The number of aliphatic hydroxyl groups excluding tert-OH is 1. The molecule has 0 radical (unpaired) electrons. The van der Waals surface area contributed by atoms with Crippen molar-refractivity contribution in [3.8, 4) is 11.3 Å². The zero-order chi connectivity index (χ0) is 15.6. The quantitative estimate of drug-likeness (QED) is 0.628. The Hall–Kier alpha value is -2.92. The van der Waals surface area contributed by atoms with Crippen LogP contribution in [-0.2, 0) is 13.2 Å². The van der Waals surface area contributed by atoms with Crippen molar-refractivity contribution >= 4 is 11.0 Å². The van der Waals surface area contributed by atoms with Crippen LogP contribution in [0.4, 0.5) is 0 Å². The molecular weight excluding hydrogens is 290 g/mol. The molecule has 0 aliphatic carbocycles. The van der Waals surface area contributed by atoms with Gasteiger partial charge in [-0.05, 0) is 12.1 Å². The summed E-state index contributed by atoms with van der Waals surface area (Å²) in [5.74, 6) is 1.92. The second-order valence-electron chi connectivity index (χ2n) is 5.25. The number of imidazole rings is 1. The number of aliphatic hydroxyl groups is 1. The van der Waals surface area contributed by atoms with E-state index < -0.39 is 0 Å². The molecule has 0 atom stereocenters. The molecule has 0 unspecified atom stereocenters. The predicted molar refractivity (Wildman–Crippen MR) is 86.7 cm³/mol. The molecule has 2 aromatic heterocycles. The van der Waals surface area contributed by atoms with Crippen molar-refractivity contribution in [3.63, 3.8) is 0 Å². The number of para-hydroxylation sites is 2. The monoisotopic (exact) mass is 305 g/mol. The summed E-state index contributed by atoms with van der Waals surface area (Å²) in [5.41, 5.74) is 2.80. The first-order valence-electron chi connectivity index (χ1n) is 7.40. The first kappa shape index (κ1) is 13.7. The fourth-order valence-corrected chi connectivity index (χ4v) is 2.68. The maximum absolute atomic E-state index is 9.55. The molecule has 1 N–H and O–H groups in total. The highest BCUT2D eigenvalue weighted by atomic mass is 16.4. The van der Waals surface area contributed by atoms with Crippen LogP contribution in [0.2, 0.25) is 0 Å². The molecule has 2 aromatic carbocycles. The summed E-state index contributed by atoms with van der Waals surface area (Å²) in [6.07, 6.45) is 1.72. The summed E-state index contributed by atoms with van der Waals surface area (Å²) in [5, 5.41) is 9.55. The van der Waals surface area contributed by atoms with Crippen molar-refractivity contribution in [2.45, 2.75) is 13.2 Å². The standard InChI is InChI=1S/C18H15N3O2/c22-12-17-20-14-8-4-5-9-15(14)21(17)11-18-19-10-16(23-18)13-6-2-1-3-7-13/h1-10,22H,11-12H2. The van der Waals surface area contributed by atoms with Gasteiger partial charge in [-0.2, -0.15) is 0 Å². The van der Waals surface area contributed by atoms with Gasteiger partial charge in [0.1, 0.15) is 19.0 Å². The maximum atomic E-state index is 9.55. The number of hydrogen-bond acceptors (Lipinski definition) is 4. The molecule has 0 fully saturated rings. The first-order valence-corrected chi connectivity index (χ1v) is 7.40. The van der Waals surface area contributed by atoms with Crippen molar-refractivity contribution in [3.05, 3.63) is 72.5 Å². The molecular formula is C18H15N3O2. The molecule has 0 saturated heterocycles. The third-order valence-electron chi connectivity index (χ3n) is 3.78. The summed E-state index contributed by atoms with van der Waals surface area (Å²) in [4.78, 5) is 8.79. The van der Waals surface area contributed by atoms with Crippen LogP contribution in [-0.4, -0.2) is 19.6 Å². The summed E-state index contributed by atoms with van der Waals surface area (Å²) >= 11 is 0. The van der Waals surface area contributed by atoms with E-state index in [4.69, 9.17) is 4.42 Å². The molecule has 0 aliphatic rings. The van der Waals surface area contributed by atoms with Crippen LogP contribution in [0.1, 0.15) is 11.7 Å². The largest absolute Gasteiger partial charge is 0.439 e. The van der Waals surface area contributed by atoms with E-state index in [1.54, 1.807) is 6.20 Å². The van der Waals surface area contributed by atoms with Crippen LogP contribution in [0.15, 0.2) is 65.2 Å². The Kier molecular flexibility index (Phi) is 3.40. The molecule has 0 aliphatic heterocycles. The third-order valence-corrected chi connectivity index (χ3v) is 3.78. The second-order valence-corrected chi connectivity index (χ2v) is 5.25. The lowest BCUT2D eigenvalue weighted by molar-refractivity contribution is 0.266. The lowest BCUT2D eigenvalue weighted by atomic mass is 10.2. The van der Waals surface area contributed by atoms with Crippen LogP contribution in [0, 0.1) is 0 Å². The number of aromatic nitrogens is 3. The molecule has 4 rings (SSSR count). The minimum Gasteiger partial charge on any atom is -0.439 e. The number of fused-ring (bicyclic) bond motifs is 1. The van der Waals surface area contributed by atoms with Crippen LogP contribution >= 0.6 is 0 Å². The van der Waals surface area contributed by atoms with Crippen molar-refractivity contribution in [1.29, 1.82) is 0 Å². The summed E-state index contributed by atoms with van der Waals surface area (Å²) in [7, 11) is 0. The number of oxazole rings is 1. The van der Waals surface area contributed by atoms with Crippen molar-refractivity contribution in [2.24, 2.45) is 0 Å². The van der Waals surface area contributed by atoms with Gasteiger partial charge < -0.3 is 14.1 Å². The van der Waals surface area contributed by atoms with Gasteiger partial charge in [0.05, 0.1) is 17.2 Å². The summed E-state index contributed by atoms with van der Waals surface area (Å²) < 4.78 is 7.78. The second kappa shape index (κ2) is 5.70. The van der Waals surface area contributed by atoms with Gasteiger partial charge in [-0.1, -0.05) is 42.5 Å². The minimum atomic E-state index is -0.124. The molecule has 0 saturated carbocycles. The van der Waals surface area contributed by atoms with E-state index in [2.05, 4.69) is 9.97 Å². The Labute approximate surface area is 132 Å². The number of nitrogens with zero attached hydrogens (tertiary/aromatic N) is 3. The fraction of sp³-hybridized carbons (Fsp3) is 0.111. The topological polar surface area (TPSA) is 64.1 Å². The van der Waals surface area contributed by atoms with Gasteiger partial charge in [0.25, 0.3) is 0 Å². The maximum Gasteiger partial charge on any atom is 0.214 e. The van der Waals surface area contributed by atoms with Gasteiger partial charge in [0.15, 0.2) is 5.76 Å².